The Bertz CT molecular complexity index is 1170. The summed E-state index contributed by atoms with van der Waals surface area (Å²) in [6, 6.07) is 20.0. The van der Waals surface area contributed by atoms with Crippen molar-refractivity contribution >= 4 is 22.7 Å². The molecule has 2 aliphatic rings. The van der Waals surface area contributed by atoms with Crippen LogP contribution in [0.25, 0.3) is 10.9 Å². The lowest BCUT2D eigenvalue weighted by Crippen LogP contribution is -2.59. The van der Waals surface area contributed by atoms with Crippen LogP contribution < -0.4 is 0 Å². The number of hydrogen-bond acceptors (Lipinski definition) is 3. The number of nitrogens with zero attached hydrogens (tertiary/aromatic N) is 3. The molecule has 0 unspecified atom stereocenters. The summed E-state index contributed by atoms with van der Waals surface area (Å²) >= 11 is 0. The van der Waals surface area contributed by atoms with Crippen LogP contribution in [0.15, 0.2) is 66.9 Å². The van der Waals surface area contributed by atoms with Gasteiger partial charge in [0.1, 0.15) is 0 Å². The van der Waals surface area contributed by atoms with Gasteiger partial charge in [-0.3, -0.25) is 14.6 Å². The van der Waals surface area contributed by atoms with E-state index in [0.29, 0.717) is 31.0 Å². The maximum Gasteiger partial charge on any atom is 0.254 e. The number of benzene rings is 2. The van der Waals surface area contributed by atoms with Crippen molar-refractivity contribution in [2.75, 3.05) is 19.6 Å². The smallest absolute Gasteiger partial charge is 0.254 e. The molecule has 3 aromatic rings. The SMILES string of the molecule is CC(C)CN1C(=O)CCC[C@]12CN(C(=O)c1cccc3ncccc13)C[C@H]2c1ccccc1. The summed E-state index contributed by atoms with van der Waals surface area (Å²) in [5, 5.41) is 0.876. The van der Waals surface area contributed by atoms with Gasteiger partial charge in [0, 0.05) is 49.1 Å². The van der Waals surface area contributed by atoms with E-state index in [-0.39, 0.29) is 23.3 Å². The molecule has 2 atom stereocenters. The predicted molar refractivity (Wildman–Crippen MR) is 130 cm³/mol. The summed E-state index contributed by atoms with van der Waals surface area (Å²) < 4.78 is 0. The van der Waals surface area contributed by atoms with Crippen molar-refractivity contribution in [2.24, 2.45) is 5.92 Å². The van der Waals surface area contributed by atoms with Crippen LogP contribution >= 0.6 is 0 Å². The predicted octanol–water partition coefficient (Wildman–Crippen LogP) is 4.88. The number of carbonyl (C=O) groups is 2. The van der Waals surface area contributed by atoms with Gasteiger partial charge in [0.25, 0.3) is 5.91 Å². The van der Waals surface area contributed by atoms with Crippen LogP contribution in [0.4, 0.5) is 0 Å². The Morgan fingerprint density at radius 2 is 1.91 bits per heavy atom. The zero-order chi connectivity index (χ0) is 23.0. The maximum absolute atomic E-state index is 13.9. The summed E-state index contributed by atoms with van der Waals surface area (Å²) in [5.74, 6) is 0.710. The minimum atomic E-state index is -0.362. The molecule has 0 saturated carbocycles. The quantitative estimate of drug-likeness (QED) is 0.580. The number of likely N-dealkylation sites (tertiary alicyclic amines) is 2. The molecule has 3 heterocycles. The van der Waals surface area contributed by atoms with Crippen molar-refractivity contribution in [3.8, 4) is 0 Å². The second-order valence-electron chi connectivity index (χ2n) is 9.88. The monoisotopic (exact) mass is 441 g/mol. The summed E-state index contributed by atoms with van der Waals surface area (Å²) in [6.07, 6.45) is 4.14. The van der Waals surface area contributed by atoms with Crippen molar-refractivity contribution in [2.45, 2.75) is 44.6 Å². The van der Waals surface area contributed by atoms with Crippen LogP contribution in [-0.4, -0.2) is 51.8 Å². The Kier molecular flexibility index (Phi) is 5.65. The van der Waals surface area contributed by atoms with E-state index in [1.807, 2.05) is 41.3 Å². The molecule has 5 rings (SSSR count). The first-order chi connectivity index (χ1) is 16.0. The van der Waals surface area contributed by atoms with Crippen molar-refractivity contribution in [3.05, 3.63) is 78.0 Å². The fourth-order valence-electron chi connectivity index (χ4n) is 5.85. The first-order valence-electron chi connectivity index (χ1n) is 12.0. The Hall–Kier alpha value is -3.21. The fraction of sp³-hybridized carbons (Fsp3) is 0.393. The number of piperidine rings is 1. The average molecular weight is 442 g/mol. The molecule has 5 nitrogen and oxygen atoms in total. The van der Waals surface area contributed by atoms with E-state index >= 15 is 0 Å². The van der Waals surface area contributed by atoms with E-state index in [1.165, 1.54) is 5.56 Å². The highest BCUT2D eigenvalue weighted by molar-refractivity contribution is 6.06. The summed E-state index contributed by atoms with van der Waals surface area (Å²) in [5.41, 5.74) is 2.35. The summed E-state index contributed by atoms with van der Waals surface area (Å²) in [4.78, 5) is 35.6. The molecule has 33 heavy (non-hydrogen) atoms. The van der Waals surface area contributed by atoms with Crippen LogP contribution in [-0.2, 0) is 4.79 Å². The van der Waals surface area contributed by atoms with E-state index < -0.39 is 0 Å². The Balaban J connectivity index is 1.57. The maximum atomic E-state index is 13.9. The molecule has 0 bridgehead atoms. The molecule has 2 aromatic carbocycles. The number of pyridine rings is 1. The van der Waals surface area contributed by atoms with E-state index in [9.17, 15) is 9.59 Å². The third-order valence-corrected chi connectivity index (χ3v) is 7.27. The molecule has 2 fully saturated rings. The van der Waals surface area contributed by atoms with Gasteiger partial charge < -0.3 is 9.80 Å². The van der Waals surface area contributed by atoms with Gasteiger partial charge in [0.15, 0.2) is 0 Å². The van der Waals surface area contributed by atoms with E-state index in [4.69, 9.17) is 0 Å². The fourth-order valence-corrected chi connectivity index (χ4v) is 5.85. The van der Waals surface area contributed by atoms with Crippen LogP contribution in [0, 0.1) is 5.92 Å². The molecular weight excluding hydrogens is 410 g/mol. The standard InChI is InChI=1S/C28H31N3O2/c1-20(2)17-31-26(32)14-7-15-28(31)19-30(18-24(28)21-9-4-3-5-10-21)27(33)23-11-6-13-25-22(23)12-8-16-29-25/h3-6,8-13,16,20,24H,7,14-15,17-19H2,1-2H3/t24-,28+/m0/s1. The lowest BCUT2D eigenvalue weighted by Gasteiger charge is -2.49. The number of fused-ring (bicyclic) bond motifs is 1. The van der Waals surface area contributed by atoms with Gasteiger partial charge in [-0.1, -0.05) is 56.3 Å². The third-order valence-electron chi connectivity index (χ3n) is 7.27. The largest absolute Gasteiger partial charge is 0.336 e. The van der Waals surface area contributed by atoms with Gasteiger partial charge in [0.2, 0.25) is 5.91 Å². The Morgan fingerprint density at radius 3 is 2.70 bits per heavy atom. The van der Waals surface area contributed by atoms with Crippen molar-refractivity contribution in [3.63, 3.8) is 0 Å². The van der Waals surface area contributed by atoms with Crippen molar-refractivity contribution in [1.29, 1.82) is 0 Å². The van der Waals surface area contributed by atoms with E-state index in [0.717, 1.165) is 30.3 Å². The molecular formula is C28H31N3O2. The highest BCUT2D eigenvalue weighted by atomic mass is 16.2. The van der Waals surface area contributed by atoms with Gasteiger partial charge in [-0.2, -0.15) is 0 Å². The minimum Gasteiger partial charge on any atom is -0.336 e. The molecule has 2 aliphatic heterocycles. The van der Waals surface area contributed by atoms with Crippen LogP contribution in [0.2, 0.25) is 0 Å². The average Bonchev–Trinajstić information content (AvgIpc) is 3.21. The number of carbonyl (C=O) groups excluding carboxylic acids is 2. The highest BCUT2D eigenvalue weighted by Gasteiger charge is 2.55. The molecule has 2 saturated heterocycles. The second kappa shape index (κ2) is 8.62. The van der Waals surface area contributed by atoms with Gasteiger partial charge in [0.05, 0.1) is 11.1 Å². The lowest BCUT2D eigenvalue weighted by molar-refractivity contribution is -0.143. The zero-order valence-corrected chi connectivity index (χ0v) is 19.4. The highest BCUT2D eigenvalue weighted by Crippen LogP contribution is 2.47. The van der Waals surface area contributed by atoms with Gasteiger partial charge in [-0.25, -0.2) is 0 Å². The Labute approximate surface area is 195 Å². The van der Waals surface area contributed by atoms with Crippen molar-refractivity contribution < 1.29 is 9.59 Å². The molecule has 0 aliphatic carbocycles. The normalized spacial score (nSPS) is 23.1. The minimum absolute atomic E-state index is 0.0222. The van der Waals surface area contributed by atoms with Crippen LogP contribution in [0.3, 0.4) is 0 Å². The summed E-state index contributed by atoms with van der Waals surface area (Å²) in [6.45, 7) is 6.23. The number of amides is 2. The van der Waals surface area contributed by atoms with Gasteiger partial charge >= 0.3 is 0 Å². The first kappa shape index (κ1) is 21.6. The van der Waals surface area contributed by atoms with E-state index in [1.54, 1.807) is 6.20 Å². The second-order valence-corrected chi connectivity index (χ2v) is 9.88. The van der Waals surface area contributed by atoms with Crippen molar-refractivity contribution in [1.82, 2.24) is 14.8 Å². The first-order valence-corrected chi connectivity index (χ1v) is 12.0. The number of aromatic nitrogens is 1. The number of rotatable bonds is 4. The third kappa shape index (κ3) is 3.79. The van der Waals surface area contributed by atoms with Crippen LogP contribution in [0.1, 0.15) is 54.9 Å². The molecule has 170 valence electrons. The topological polar surface area (TPSA) is 53.5 Å². The molecule has 1 aromatic heterocycles. The lowest BCUT2D eigenvalue weighted by atomic mass is 9.74. The van der Waals surface area contributed by atoms with Crippen LogP contribution in [0.5, 0.6) is 0 Å². The molecule has 0 N–H and O–H groups in total. The Morgan fingerprint density at radius 1 is 1.09 bits per heavy atom. The van der Waals surface area contributed by atoms with Gasteiger partial charge in [-0.15, -0.1) is 0 Å². The summed E-state index contributed by atoms with van der Waals surface area (Å²) in [7, 11) is 0. The molecule has 0 radical (unpaired) electrons. The van der Waals surface area contributed by atoms with Gasteiger partial charge in [-0.05, 0) is 42.5 Å². The molecule has 5 heteroatoms. The molecule has 1 spiro atoms. The zero-order valence-electron chi connectivity index (χ0n) is 19.4. The van der Waals surface area contributed by atoms with E-state index in [2.05, 4.69) is 48.0 Å². The molecule has 2 amide bonds. The number of hydrogen-bond donors (Lipinski definition) is 0.